The molecule has 1 aromatic rings. The number of aromatic nitrogens is 2. The first-order valence-electron chi connectivity index (χ1n) is 11.2. The fourth-order valence-corrected chi connectivity index (χ4v) is 4.96. The summed E-state index contributed by atoms with van der Waals surface area (Å²) < 4.78 is 22.2. The van der Waals surface area contributed by atoms with Crippen LogP contribution in [0.2, 0.25) is 0 Å². The van der Waals surface area contributed by atoms with Crippen molar-refractivity contribution >= 4 is 22.9 Å². The van der Waals surface area contributed by atoms with Crippen LogP contribution in [0.1, 0.15) is 58.8 Å². The van der Waals surface area contributed by atoms with E-state index < -0.39 is 17.0 Å². The maximum Gasteiger partial charge on any atom is 0.331 e. The van der Waals surface area contributed by atoms with E-state index in [1.54, 1.807) is 31.1 Å². The minimum Gasteiger partial charge on any atom is -0.481 e. The van der Waals surface area contributed by atoms with Crippen molar-refractivity contribution in [3.05, 3.63) is 46.3 Å². The number of amides is 2. The number of rotatable bonds is 8. The molecule has 8 nitrogen and oxygen atoms in total. The fourth-order valence-electron chi connectivity index (χ4n) is 4.28. The molecule has 2 amide bonds. The number of nitrogens with zero attached hydrogens (tertiary/aromatic N) is 3. The number of urea groups is 1. The van der Waals surface area contributed by atoms with E-state index in [1.807, 2.05) is 13.0 Å². The van der Waals surface area contributed by atoms with E-state index in [0.717, 1.165) is 68.3 Å². The quantitative estimate of drug-likeness (QED) is 0.451. The lowest BCUT2D eigenvalue weighted by molar-refractivity contribution is 0.248. The molecule has 1 aromatic heterocycles. The molecule has 0 saturated heterocycles. The molecule has 0 saturated carbocycles. The van der Waals surface area contributed by atoms with Crippen LogP contribution in [0.3, 0.4) is 0 Å². The highest BCUT2D eigenvalue weighted by molar-refractivity contribution is 7.83. The summed E-state index contributed by atoms with van der Waals surface area (Å²) in [7, 11) is 1.56. The second-order valence-corrected chi connectivity index (χ2v) is 8.98. The van der Waals surface area contributed by atoms with Crippen LogP contribution in [0.15, 0.2) is 56.3 Å². The summed E-state index contributed by atoms with van der Waals surface area (Å²) in [6.07, 6.45) is 10.4. The van der Waals surface area contributed by atoms with Crippen LogP contribution < -0.4 is 10.0 Å². The van der Waals surface area contributed by atoms with Gasteiger partial charge in [0.2, 0.25) is 5.90 Å². The summed E-state index contributed by atoms with van der Waals surface area (Å²) in [5.74, 6) is 0.549. The van der Waals surface area contributed by atoms with E-state index in [2.05, 4.69) is 27.1 Å². The number of methoxy groups -OCH3 is 1. The fraction of sp³-hybridized carbons (Fsp3) is 0.522. The molecule has 0 spiro atoms. The Bertz CT molecular complexity index is 1000. The molecule has 32 heavy (non-hydrogen) atoms. The summed E-state index contributed by atoms with van der Waals surface area (Å²) in [6, 6.07) is 1.18. The molecule has 0 aromatic carbocycles. The number of nitrogens with one attached hydrogen (secondary N) is 2. The van der Waals surface area contributed by atoms with Gasteiger partial charge < -0.3 is 10.1 Å². The molecular formula is C23H33N5O3S. The molecule has 174 valence electrons. The van der Waals surface area contributed by atoms with Crippen molar-refractivity contribution in [1.29, 1.82) is 0 Å². The van der Waals surface area contributed by atoms with Crippen molar-refractivity contribution in [3.63, 3.8) is 0 Å². The Kier molecular flexibility index (Phi) is 8.44. The van der Waals surface area contributed by atoms with E-state index in [1.165, 1.54) is 11.1 Å². The van der Waals surface area contributed by atoms with Gasteiger partial charge in [-0.15, -0.1) is 0 Å². The molecule has 3 rings (SSSR count). The number of hydrogen-bond acceptors (Lipinski definition) is 5. The number of ether oxygens (including phenoxy) is 1. The largest absolute Gasteiger partial charge is 0.481 e. The summed E-state index contributed by atoms with van der Waals surface area (Å²) in [6.45, 7) is 4.87. The van der Waals surface area contributed by atoms with Gasteiger partial charge in [-0.3, -0.25) is 14.4 Å². The number of hydrogen-bond donors (Lipinski definition) is 2. The van der Waals surface area contributed by atoms with E-state index in [4.69, 9.17) is 4.74 Å². The molecule has 2 N–H and O–H groups in total. The highest BCUT2D eigenvalue weighted by Crippen LogP contribution is 2.41. The zero-order valence-corrected chi connectivity index (χ0v) is 20.2. The Morgan fingerprint density at radius 2 is 2.12 bits per heavy atom. The first kappa shape index (κ1) is 24.0. The average Bonchev–Trinajstić information content (AvgIpc) is 3.45. The highest BCUT2D eigenvalue weighted by Gasteiger charge is 2.28. The minimum atomic E-state index is -1.73. The number of allylic oxidation sites excluding steroid dienone is 4. The third-order valence-corrected chi connectivity index (χ3v) is 6.76. The van der Waals surface area contributed by atoms with Crippen molar-refractivity contribution in [2.75, 3.05) is 14.2 Å². The van der Waals surface area contributed by atoms with Crippen molar-refractivity contribution in [1.82, 2.24) is 19.8 Å². The second kappa shape index (κ2) is 11.3. The molecule has 2 aliphatic carbocycles. The first-order valence-corrected chi connectivity index (χ1v) is 12.3. The van der Waals surface area contributed by atoms with Crippen molar-refractivity contribution in [3.8, 4) is 0 Å². The van der Waals surface area contributed by atoms with E-state index >= 15 is 0 Å². The molecule has 2 aliphatic rings. The van der Waals surface area contributed by atoms with Crippen LogP contribution in [0.5, 0.6) is 0 Å². The third kappa shape index (κ3) is 5.56. The van der Waals surface area contributed by atoms with Gasteiger partial charge in [-0.1, -0.05) is 19.4 Å². The summed E-state index contributed by atoms with van der Waals surface area (Å²) in [4.78, 5) is 17.0. The molecule has 0 aliphatic heterocycles. The predicted molar refractivity (Wildman–Crippen MR) is 126 cm³/mol. The minimum absolute atomic E-state index is 0.338. The van der Waals surface area contributed by atoms with Gasteiger partial charge >= 0.3 is 6.03 Å². The Hall–Kier alpha value is -2.68. The molecule has 9 heteroatoms. The number of carbonyl (C=O) groups excluding carboxylic acids is 1. The van der Waals surface area contributed by atoms with Gasteiger partial charge in [0, 0.05) is 31.6 Å². The topological polar surface area (TPSA) is 97.6 Å². The predicted octanol–water partition coefficient (Wildman–Crippen LogP) is 4.15. The maximum atomic E-state index is 12.8. The SMILES string of the molecule is CCCn1ccc(S(=O)NC(=O)NC2=C(/C(=C/C(=NC)OC)CC)CCC3=C2CCC3)n1. The normalized spacial score (nSPS) is 18.0. The second-order valence-electron chi connectivity index (χ2n) is 7.82. The molecule has 1 atom stereocenters. The molecule has 0 radical (unpaired) electrons. The zero-order chi connectivity index (χ0) is 23.1. The van der Waals surface area contributed by atoms with Crippen LogP contribution >= 0.6 is 0 Å². The van der Waals surface area contributed by atoms with Crippen molar-refractivity contribution in [2.45, 2.75) is 70.4 Å². The zero-order valence-electron chi connectivity index (χ0n) is 19.4. The van der Waals surface area contributed by atoms with Gasteiger partial charge in [-0.05, 0) is 67.7 Å². The van der Waals surface area contributed by atoms with Crippen LogP contribution in [0.25, 0.3) is 0 Å². The van der Waals surface area contributed by atoms with Gasteiger partial charge in [0.1, 0.15) is 0 Å². The van der Waals surface area contributed by atoms with Crippen LogP contribution in [-0.4, -0.2) is 40.1 Å². The molecule has 1 heterocycles. The van der Waals surface area contributed by atoms with Gasteiger partial charge in [0.05, 0.1) is 7.11 Å². The Labute approximate surface area is 192 Å². The van der Waals surface area contributed by atoms with Crippen molar-refractivity contribution < 1.29 is 13.7 Å². The summed E-state index contributed by atoms with van der Waals surface area (Å²) in [5, 5.41) is 7.64. The number of aliphatic imine (C=N–C) groups is 1. The van der Waals surface area contributed by atoms with Crippen molar-refractivity contribution in [2.24, 2.45) is 4.99 Å². The highest BCUT2D eigenvalue weighted by atomic mass is 32.2. The Balaban J connectivity index is 1.84. The van der Waals surface area contributed by atoms with E-state index in [9.17, 15) is 9.00 Å². The Morgan fingerprint density at radius 3 is 2.81 bits per heavy atom. The molecule has 1 unspecified atom stereocenters. The average molecular weight is 460 g/mol. The van der Waals surface area contributed by atoms with E-state index in [-0.39, 0.29) is 0 Å². The number of aryl methyl sites for hydroxylation is 1. The first-order chi connectivity index (χ1) is 15.5. The van der Waals surface area contributed by atoms with Crippen LogP contribution in [0, 0.1) is 0 Å². The third-order valence-electron chi connectivity index (χ3n) is 5.79. The Morgan fingerprint density at radius 1 is 1.31 bits per heavy atom. The lowest BCUT2D eigenvalue weighted by atomic mass is 9.86. The lowest BCUT2D eigenvalue weighted by Gasteiger charge is -2.25. The van der Waals surface area contributed by atoms with Gasteiger partial charge in [0.15, 0.2) is 16.0 Å². The standard InChI is InChI=1S/C23H33N5O3S/c1-5-13-28-14-12-21(26-28)32(30)27-23(29)25-22-18-9-7-8-17(18)10-11-19(22)16(6-2)15-20(24-3)31-4/h12,14-15H,5-11,13H2,1-4H3,(H2,25,27,29)/b16-15+,24-20?. The summed E-state index contributed by atoms with van der Waals surface area (Å²) >= 11 is 0. The molecule has 0 bridgehead atoms. The van der Waals surface area contributed by atoms with E-state index in [0.29, 0.717) is 10.9 Å². The maximum absolute atomic E-state index is 12.8. The van der Waals surface area contributed by atoms with Gasteiger partial charge in [0.25, 0.3) is 0 Å². The van der Waals surface area contributed by atoms with Gasteiger partial charge in [-0.2, -0.15) is 5.10 Å². The summed E-state index contributed by atoms with van der Waals surface area (Å²) in [5.41, 5.74) is 5.65. The monoisotopic (exact) mass is 459 g/mol. The van der Waals surface area contributed by atoms with Crippen LogP contribution in [-0.2, 0) is 22.3 Å². The smallest absolute Gasteiger partial charge is 0.331 e. The van der Waals surface area contributed by atoms with Gasteiger partial charge in [-0.25, -0.2) is 9.00 Å². The van der Waals surface area contributed by atoms with Crippen LogP contribution in [0.4, 0.5) is 4.79 Å². The lowest BCUT2D eigenvalue weighted by Crippen LogP contribution is -2.37. The molecule has 0 fully saturated rings. The molecular weight excluding hydrogens is 426 g/mol. The number of carbonyl (C=O) groups is 1.